The number of ether oxygens (including phenoxy) is 2. The highest BCUT2D eigenvalue weighted by molar-refractivity contribution is 4.96. The van der Waals surface area contributed by atoms with Crippen molar-refractivity contribution in [2.75, 3.05) is 13.2 Å². The summed E-state index contributed by atoms with van der Waals surface area (Å²) in [6.07, 6.45) is 6.72. The highest BCUT2D eigenvalue weighted by atomic mass is 16.7. The molecule has 1 saturated heterocycles. The molecule has 1 heterocycles. The van der Waals surface area contributed by atoms with Crippen molar-refractivity contribution in [1.82, 2.24) is 0 Å². The fourth-order valence-electron chi connectivity index (χ4n) is 2.25. The van der Waals surface area contributed by atoms with Crippen molar-refractivity contribution in [3.05, 3.63) is 12.2 Å². The van der Waals surface area contributed by atoms with Gasteiger partial charge in [0, 0.05) is 12.8 Å². The van der Waals surface area contributed by atoms with Gasteiger partial charge in [0.1, 0.15) is 0 Å². The van der Waals surface area contributed by atoms with E-state index in [1.807, 2.05) is 0 Å². The molecule has 1 saturated carbocycles. The maximum Gasteiger partial charge on any atom is 0.168 e. The molecule has 0 atom stereocenters. The van der Waals surface area contributed by atoms with Gasteiger partial charge in [-0.25, -0.2) is 0 Å². The zero-order chi connectivity index (χ0) is 9.15. The summed E-state index contributed by atoms with van der Waals surface area (Å²) < 4.78 is 11.4. The van der Waals surface area contributed by atoms with E-state index in [0.717, 1.165) is 38.9 Å². The Morgan fingerprint density at radius 2 is 1.54 bits per heavy atom. The van der Waals surface area contributed by atoms with Crippen molar-refractivity contribution in [2.24, 2.45) is 0 Å². The van der Waals surface area contributed by atoms with Gasteiger partial charge in [-0.15, -0.1) is 0 Å². The lowest BCUT2D eigenvalue weighted by atomic mass is 9.93. The molecule has 0 N–H and O–H groups in total. The quantitative estimate of drug-likeness (QED) is 0.536. The number of rotatable bonds is 0. The summed E-state index contributed by atoms with van der Waals surface area (Å²) in [6.45, 7) is 5.61. The molecule has 2 rings (SSSR count). The van der Waals surface area contributed by atoms with Gasteiger partial charge in [0.15, 0.2) is 5.79 Å². The van der Waals surface area contributed by atoms with E-state index in [1.54, 1.807) is 0 Å². The largest absolute Gasteiger partial charge is 0.348 e. The molecule has 2 nitrogen and oxygen atoms in total. The molecule has 0 aromatic rings. The maximum absolute atomic E-state index is 5.70. The van der Waals surface area contributed by atoms with Gasteiger partial charge in [-0.1, -0.05) is 12.2 Å². The molecule has 0 aromatic carbocycles. The molecule has 2 aliphatic rings. The average Bonchev–Trinajstić information content (AvgIpc) is 2.51. The maximum atomic E-state index is 5.70. The lowest BCUT2D eigenvalue weighted by Gasteiger charge is -2.29. The van der Waals surface area contributed by atoms with Crippen molar-refractivity contribution in [1.29, 1.82) is 0 Å². The molecule has 1 aliphatic heterocycles. The van der Waals surface area contributed by atoms with Crippen LogP contribution in [0, 0.1) is 0 Å². The van der Waals surface area contributed by atoms with Crippen molar-refractivity contribution >= 4 is 0 Å². The Hall–Kier alpha value is -0.340. The van der Waals surface area contributed by atoms with E-state index < -0.39 is 0 Å². The molecule has 0 aromatic heterocycles. The van der Waals surface area contributed by atoms with Crippen LogP contribution in [0.3, 0.4) is 0 Å². The van der Waals surface area contributed by atoms with E-state index in [9.17, 15) is 0 Å². The fourth-order valence-corrected chi connectivity index (χ4v) is 2.25. The first kappa shape index (κ1) is 9.22. The monoisotopic (exact) mass is 182 g/mol. The van der Waals surface area contributed by atoms with Crippen LogP contribution in [-0.2, 0) is 9.47 Å². The summed E-state index contributed by atoms with van der Waals surface area (Å²) in [6, 6.07) is 0. The fraction of sp³-hybridized carbons (Fsp3) is 0.818. The van der Waals surface area contributed by atoms with Gasteiger partial charge < -0.3 is 9.47 Å². The van der Waals surface area contributed by atoms with Gasteiger partial charge in [0.05, 0.1) is 13.2 Å². The number of hydrogen-bond acceptors (Lipinski definition) is 2. The van der Waals surface area contributed by atoms with E-state index in [-0.39, 0.29) is 5.79 Å². The summed E-state index contributed by atoms with van der Waals surface area (Å²) in [5.41, 5.74) is 1.40. The molecular formula is C11H18O2. The van der Waals surface area contributed by atoms with Gasteiger partial charge in [-0.3, -0.25) is 0 Å². The van der Waals surface area contributed by atoms with Gasteiger partial charge in [-0.2, -0.15) is 0 Å². The van der Waals surface area contributed by atoms with Gasteiger partial charge in [0.2, 0.25) is 0 Å². The van der Waals surface area contributed by atoms with Crippen LogP contribution in [0.25, 0.3) is 0 Å². The van der Waals surface area contributed by atoms with Crippen molar-refractivity contribution in [2.45, 2.75) is 44.3 Å². The Morgan fingerprint density at radius 1 is 1.00 bits per heavy atom. The normalized spacial score (nSPS) is 28.8. The smallest absolute Gasteiger partial charge is 0.168 e. The second-order valence-electron chi connectivity index (χ2n) is 4.06. The third-order valence-corrected chi connectivity index (χ3v) is 2.99. The third-order valence-electron chi connectivity index (χ3n) is 2.99. The highest BCUT2D eigenvalue weighted by Gasteiger charge is 2.35. The number of allylic oxidation sites excluding steroid dienone is 1. The number of hydrogen-bond donors (Lipinski definition) is 0. The molecule has 13 heavy (non-hydrogen) atoms. The van der Waals surface area contributed by atoms with Crippen molar-refractivity contribution < 1.29 is 9.47 Å². The molecular weight excluding hydrogens is 164 g/mol. The summed E-state index contributed by atoms with van der Waals surface area (Å²) >= 11 is 0. The minimum Gasteiger partial charge on any atom is -0.348 e. The van der Waals surface area contributed by atoms with E-state index in [0.29, 0.717) is 0 Å². The Kier molecular flexibility index (Phi) is 2.70. The Balaban J connectivity index is 1.94. The average molecular weight is 182 g/mol. The van der Waals surface area contributed by atoms with E-state index in [4.69, 9.17) is 9.47 Å². The van der Waals surface area contributed by atoms with E-state index in [2.05, 4.69) is 6.58 Å². The first-order chi connectivity index (χ1) is 6.31. The lowest BCUT2D eigenvalue weighted by molar-refractivity contribution is -0.169. The first-order valence-electron chi connectivity index (χ1n) is 5.25. The van der Waals surface area contributed by atoms with Gasteiger partial charge >= 0.3 is 0 Å². The lowest BCUT2D eigenvalue weighted by Crippen LogP contribution is -2.30. The van der Waals surface area contributed by atoms with E-state index >= 15 is 0 Å². The summed E-state index contributed by atoms with van der Waals surface area (Å²) in [5, 5.41) is 0. The van der Waals surface area contributed by atoms with Crippen LogP contribution in [0.2, 0.25) is 0 Å². The van der Waals surface area contributed by atoms with E-state index in [1.165, 1.54) is 18.4 Å². The molecule has 1 spiro atoms. The minimum atomic E-state index is -0.208. The van der Waals surface area contributed by atoms with Crippen molar-refractivity contribution in [3.8, 4) is 0 Å². The second kappa shape index (κ2) is 3.81. The summed E-state index contributed by atoms with van der Waals surface area (Å²) in [5.74, 6) is -0.208. The predicted octanol–water partition coefficient (Wildman–Crippen LogP) is 2.64. The van der Waals surface area contributed by atoms with Crippen LogP contribution in [0.15, 0.2) is 12.2 Å². The molecule has 0 unspecified atom stereocenters. The summed E-state index contributed by atoms with van der Waals surface area (Å²) in [7, 11) is 0. The van der Waals surface area contributed by atoms with Crippen molar-refractivity contribution in [3.63, 3.8) is 0 Å². The molecule has 0 bridgehead atoms. The Bertz CT molecular complexity index is 178. The molecule has 0 amide bonds. The first-order valence-corrected chi connectivity index (χ1v) is 5.25. The minimum absolute atomic E-state index is 0.208. The zero-order valence-corrected chi connectivity index (χ0v) is 8.18. The topological polar surface area (TPSA) is 18.5 Å². The molecule has 1 aliphatic carbocycles. The third kappa shape index (κ3) is 2.12. The van der Waals surface area contributed by atoms with Crippen LogP contribution < -0.4 is 0 Å². The van der Waals surface area contributed by atoms with Crippen LogP contribution in [0.4, 0.5) is 0 Å². The molecule has 0 radical (unpaired) electrons. The van der Waals surface area contributed by atoms with Crippen LogP contribution in [0.5, 0.6) is 0 Å². The Labute approximate surface area is 79.9 Å². The molecule has 2 fully saturated rings. The standard InChI is InChI=1S/C11H18O2/c1-10-4-2-6-11(7-3-5-10)12-8-9-13-11/h1-9H2. The zero-order valence-electron chi connectivity index (χ0n) is 8.18. The van der Waals surface area contributed by atoms with Crippen LogP contribution in [-0.4, -0.2) is 19.0 Å². The Morgan fingerprint density at radius 3 is 2.08 bits per heavy atom. The van der Waals surface area contributed by atoms with Crippen LogP contribution >= 0.6 is 0 Å². The van der Waals surface area contributed by atoms with Gasteiger partial charge in [-0.05, 0) is 25.7 Å². The van der Waals surface area contributed by atoms with Crippen LogP contribution in [0.1, 0.15) is 38.5 Å². The second-order valence-corrected chi connectivity index (χ2v) is 4.06. The predicted molar refractivity (Wildman–Crippen MR) is 51.5 cm³/mol. The SMILES string of the molecule is C=C1CCCC2(CCC1)OCCO2. The highest BCUT2D eigenvalue weighted by Crippen LogP contribution is 2.34. The summed E-state index contributed by atoms with van der Waals surface area (Å²) in [4.78, 5) is 0. The van der Waals surface area contributed by atoms with Gasteiger partial charge in [0.25, 0.3) is 0 Å². The molecule has 74 valence electrons. The molecule has 2 heteroatoms.